The number of hydrogen-bond donors (Lipinski definition) is 2. The Labute approximate surface area is 188 Å². The minimum absolute atomic E-state index is 0.0259. The second kappa shape index (κ2) is 9.19. The largest absolute Gasteiger partial charge is 0.480 e. The highest BCUT2D eigenvalue weighted by atomic mass is 32.1. The first-order valence-electron chi connectivity index (χ1n) is 9.95. The van der Waals surface area contributed by atoms with E-state index in [1.165, 1.54) is 13.2 Å². The average Bonchev–Trinajstić information content (AvgIpc) is 3.38. The Hall–Kier alpha value is -3.72. The molecule has 164 valence electrons. The third-order valence-corrected chi connectivity index (χ3v) is 6.20. The molecule has 0 fully saturated rings. The lowest BCUT2D eigenvalue weighted by Crippen LogP contribution is -2.31. The van der Waals surface area contributed by atoms with E-state index in [-0.39, 0.29) is 19.1 Å². The molecule has 0 spiro atoms. The Bertz CT molecular complexity index is 1130. The number of hydrogen-bond acceptors (Lipinski definition) is 6. The molecule has 2 amide bonds. The first-order valence-corrected chi connectivity index (χ1v) is 10.8. The van der Waals surface area contributed by atoms with Crippen molar-refractivity contribution in [3.8, 4) is 11.1 Å². The molecule has 4 rings (SSSR count). The smallest absolute Gasteiger partial charge is 0.407 e. The Morgan fingerprint density at radius 1 is 1.09 bits per heavy atom. The van der Waals surface area contributed by atoms with Gasteiger partial charge in [0.15, 0.2) is 0 Å². The van der Waals surface area contributed by atoms with Gasteiger partial charge in [-0.1, -0.05) is 48.5 Å². The molecule has 1 aliphatic rings. The van der Waals surface area contributed by atoms with Crippen LogP contribution in [0.5, 0.6) is 0 Å². The van der Waals surface area contributed by atoms with Crippen LogP contribution in [0.3, 0.4) is 0 Å². The number of thiazole rings is 1. The number of ether oxygens (including phenoxy) is 1. The van der Waals surface area contributed by atoms with E-state index in [1.807, 2.05) is 24.3 Å². The second-order valence-corrected chi connectivity index (χ2v) is 8.47. The van der Waals surface area contributed by atoms with E-state index in [1.54, 1.807) is 0 Å². The van der Waals surface area contributed by atoms with Crippen LogP contribution in [0.4, 0.5) is 4.79 Å². The van der Waals surface area contributed by atoms with Crippen LogP contribution in [-0.2, 0) is 16.1 Å². The summed E-state index contributed by atoms with van der Waals surface area (Å²) in [6, 6.07) is 16.2. The lowest BCUT2D eigenvalue weighted by molar-refractivity contribution is -0.137. The summed E-state index contributed by atoms with van der Waals surface area (Å²) in [7, 11) is 1.41. The number of amides is 2. The highest BCUT2D eigenvalue weighted by molar-refractivity contribution is 7.13. The number of likely N-dealkylation sites (N-methyl/N-ethyl adjacent to an activating group) is 1. The fourth-order valence-electron chi connectivity index (χ4n) is 3.75. The van der Waals surface area contributed by atoms with E-state index in [0.29, 0.717) is 9.88 Å². The van der Waals surface area contributed by atoms with E-state index < -0.39 is 24.5 Å². The predicted octanol–water partition coefficient (Wildman–Crippen LogP) is 3.34. The van der Waals surface area contributed by atoms with Gasteiger partial charge in [-0.2, -0.15) is 0 Å². The summed E-state index contributed by atoms with van der Waals surface area (Å²) in [4.78, 5) is 40.7. The Balaban J connectivity index is 1.33. The maximum Gasteiger partial charge on any atom is 0.407 e. The van der Waals surface area contributed by atoms with Crippen LogP contribution in [0.25, 0.3) is 11.1 Å². The summed E-state index contributed by atoms with van der Waals surface area (Å²) in [5, 5.41) is 12.0. The summed E-state index contributed by atoms with van der Waals surface area (Å²) >= 11 is 1.10. The number of carbonyl (C=O) groups is 3. The number of carboxylic acids is 1. The minimum atomic E-state index is -1.09. The molecule has 3 aromatic rings. The molecule has 0 radical (unpaired) electrons. The molecule has 0 atom stereocenters. The number of rotatable bonds is 7. The third-order valence-electron chi connectivity index (χ3n) is 5.21. The van der Waals surface area contributed by atoms with Gasteiger partial charge < -0.3 is 20.1 Å². The molecule has 1 heterocycles. The molecule has 0 saturated heterocycles. The highest BCUT2D eigenvalue weighted by Crippen LogP contribution is 2.44. The topological polar surface area (TPSA) is 109 Å². The van der Waals surface area contributed by atoms with Gasteiger partial charge in [0.25, 0.3) is 5.91 Å². The van der Waals surface area contributed by atoms with Crippen molar-refractivity contribution in [3.63, 3.8) is 0 Å². The predicted molar refractivity (Wildman–Crippen MR) is 119 cm³/mol. The summed E-state index contributed by atoms with van der Waals surface area (Å²) in [5.41, 5.74) is 4.58. The SMILES string of the molecule is CN(CC(=O)O)C(=O)c1cnc(CNC(=O)OCC2c3ccccc3-c3ccccc32)s1. The molecule has 8 nitrogen and oxygen atoms in total. The Morgan fingerprint density at radius 3 is 2.34 bits per heavy atom. The van der Waals surface area contributed by atoms with Gasteiger partial charge in [0.1, 0.15) is 23.0 Å². The third kappa shape index (κ3) is 4.47. The number of benzene rings is 2. The molecule has 0 saturated carbocycles. The maximum atomic E-state index is 12.3. The molecular formula is C23H21N3O5S. The molecule has 0 unspecified atom stereocenters. The first-order chi connectivity index (χ1) is 15.4. The number of nitrogens with one attached hydrogen (secondary N) is 1. The summed E-state index contributed by atoms with van der Waals surface area (Å²) < 4.78 is 5.48. The molecular weight excluding hydrogens is 430 g/mol. The lowest BCUT2D eigenvalue weighted by atomic mass is 9.98. The van der Waals surface area contributed by atoms with Crippen LogP contribution < -0.4 is 5.32 Å². The van der Waals surface area contributed by atoms with Gasteiger partial charge in [-0.3, -0.25) is 9.59 Å². The molecule has 1 aliphatic carbocycles. The van der Waals surface area contributed by atoms with Crippen LogP contribution >= 0.6 is 11.3 Å². The quantitative estimate of drug-likeness (QED) is 0.570. The van der Waals surface area contributed by atoms with E-state index in [0.717, 1.165) is 38.5 Å². The molecule has 2 aromatic carbocycles. The van der Waals surface area contributed by atoms with Crippen molar-refractivity contribution in [2.24, 2.45) is 0 Å². The number of nitrogens with zero attached hydrogens (tertiary/aromatic N) is 2. The van der Waals surface area contributed by atoms with Crippen LogP contribution in [0.1, 0.15) is 31.7 Å². The van der Waals surface area contributed by atoms with Crippen molar-refractivity contribution in [1.82, 2.24) is 15.2 Å². The van der Waals surface area contributed by atoms with Crippen LogP contribution in [0.15, 0.2) is 54.7 Å². The van der Waals surface area contributed by atoms with Gasteiger partial charge in [0.05, 0.1) is 12.7 Å². The van der Waals surface area contributed by atoms with E-state index in [9.17, 15) is 14.4 Å². The monoisotopic (exact) mass is 451 g/mol. The summed E-state index contributed by atoms with van der Waals surface area (Å²) in [6.45, 7) is -0.0806. The van der Waals surface area contributed by atoms with Crippen LogP contribution in [0, 0.1) is 0 Å². The molecule has 2 N–H and O–H groups in total. The highest BCUT2D eigenvalue weighted by Gasteiger charge is 2.29. The molecule has 0 aliphatic heterocycles. The maximum absolute atomic E-state index is 12.3. The zero-order chi connectivity index (χ0) is 22.7. The van der Waals surface area contributed by atoms with Crippen molar-refractivity contribution in [2.45, 2.75) is 12.5 Å². The van der Waals surface area contributed by atoms with Gasteiger partial charge >= 0.3 is 12.1 Å². The van der Waals surface area contributed by atoms with Gasteiger partial charge in [0, 0.05) is 13.0 Å². The number of alkyl carbamates (subject to hydrolysis) is 1. The van der Waals surface area contributed by atoms with E-state index in [2.05, 4.69) is 34.6 Å². The first kappa shape index (κ1) is 21.5. The van der Waals surface area contributed by atoms with Crippen molar-refractivity contribution in [3.05, 3.63) is 75.7 Å². The normalized spacial score (nSPS) is 12.0. The minimum Gasteiger partial charge on any atom is -0.480 e. The molecule has 0 bridgehead atoms. The van der Waals surface area contributed by atoms with Crippen LogP contribution in [-0.4, -0.2) is 53.2 Å². The lowest BCUT2D eigenvalue weighted by Gasteiger charge is -2.14. The van der Waals surface area contributed by atoms with Gasteiger partial charge in [-0.15, -0.1) is 11.3 Å². The zero-order valence-corrected chi connectivity index (χ0v) is 18.1. The number of carbonyl (C=O) groups excluding carboxylic acids is 2. The van der Waals surface area contributed by atoms with E-state index in [4.69, 9.17) is 9.84 Å². The molecule has 32 heavy (non-hydrogen) atoms. The fraction of sp³-hybridized carbons (Fsp3) is 0.217. The fourth-order valence-corrected chi connectivity index (χ4v) is 4.60. The second-order valence-electron chi connectivity index (χ2n) is 7.35. The summed E-state index contributed by atoms with van der Waals surface area (Å²) in [6.07, 6.45) is 0.804. The number of fused-ring (bicyclic) bond motifs is 3. The molecule has 9 heteroatoms. The van der Waals surface area contributed by atoms with Gasteiger partial charge in [0.2, 0.25) is 0 Å². The van der Waals surface area contributed by atoms with Crippen molar-refractivity contribution < 1.29 is 24.2 Å². The summed E-state index contributed by atoms with van der Waals surface area (Å²) in [5.74, 6) is -1.55. The van der Waals surface area contributed by atoms with E-state index >= 15 is 0 Å². The number of aromatic nitrogens is 1. The number of aliphatic carboxylic acids is 1. The Morgan fingerprint density at radius 2 is 1.72 bits per heavy atom. The van der Waals surface area contributed by atoms with Crippen LogP contribution in [0.2, 0.25) is 0 Å². The van der Waals surface area contributed by atoms with Gasteiger partial charge in [-0.25, -0.2) is 9.78 Å². The van der Waals surface area contributed by atoms with Crippen molar-refractivity contribution >= 4 is 29.3 Å². The standard InChI is InChI=1S/C23H21N3O5S/c1-26(12-21(27)28)22(29)19-10-24-20(32-19)11-25-23(30)31-13-18-16-8-4-2-6-14(16)15-7-3-5-9-17(15)18/h2-10,18H,11-13H2,1H3,(H,25,30)(H,27,28). The Kier molecular flexibility index (Phi) is 6.18. The zero-order valence-electron chi connectivity index (χ0n) is 17.3. The van der Waals surface area contributed by atoms with Gasteiger partial charge in [-0.05, 0) is 22.3 Å². The van der Waals surface area contributed by atoms with Crippen molar-refractivity contribution in [2.75, 3.05) is 20.2 Å². The number of carboxylic acid groups (broad SMARTS) is 1. The average molecular weight is 452 g/mol. The van der Waals surface area contributed by atoms with Crippen molar-refractivity contribution in [1.29, 1.82) is 0 Å². The molecule has 1 aromatic heterocycles.